The summed E-state index contributed by atoms with van der Waals surface area (Å²) in [7, 11) is 3.24. The summed E-state index contributed by atoms with van der Waals surface area (Å²) in [6.07, 6.45) is 3.79. The lowest BCUT2D eigenvalue weighted by atomic mass is 9.77. The van der Waals surface area contributed by atoms with Crippen molar-refractivity contribution in [1.29, 1.82) is 0 Å². The molecule has 4 heteroatoms. The summed E-state index contributed by atoms with van der Waals surface area (Å²) >= 11 is 0. The molecular weight excluding hydrogens is 326 g/mol. The van der Waals surface area contributed by atoms with Gasteiger partial charge in [0.25, 0.3) is 0 Å². The van der Waals surface area contributed by atoms with Crippen LogP contribution in [-0.4, -0.2) is 20.1 Å². The van der Waals surface area contributed by atoms with Crippen LogP contribution in [0.3, 0.4) is 0 Å². The molecule has 1 aliphatic rings. The van der Waals surface area contributed by atoms with E-state index in [0.717, 1.165) is 36.9 Å². The molecule has 1 aliphatic carbocycles. The number of amides is 1. The third kappa shape index (κ3) is 3.28. The van der Waals surface area contributed by atoms with E-state index >= 15 is 0 Å². The second kappa shape index (κ2) is 7.40. The Bertz CT molecular complexity index is 807. The predicted molar refractivity (Wildman–Crippen MR) is 104 cm³/mol. The zero-order valence-electron chi connectivity index (χ0n) is 16.0. The van der Waals surface area contributed by atoms with Crippen LogP contribution in [0, 0.1) is 13.8 Å². The van der Waals surface area contributed by atoms with Gasteiger partial charge in [0.15, 0.2) is 11.5 Å². The molecule has 0 radical (unpaired) electrons. The molecular formula is C22H27NO3. The van der Waals surface area contributed by atoms with Crippen molar-refractivity contribution in [1.82, 2.24) is 0 Å². The van der Waals surface area contributed by atoms with Crippen molar-refractivity contribution in [3.63, 3.8) is 0 Å². The van der Waals surface area contributed by atoms with Gasteiger partial charge in [0.05, 0.1) is 19.6 Å². The summed E-state index contributed by atoms with van der Waals surface area (Å²) < 4.78 is 10.8. The minimum Gasteiger partial charge on any atom is -0.493 e. The van der Waals surface area contributed by atoms with Gasteiger partial charge >= 0.3 is 0 Å². The maximum atomic E-state index is 13.3. The minimum absolute atomic E-state index is 0.0606. The molecule has 1 N–H and O–H groups in total. The van der Waals surface area contributed by atoms with Gasteiger partial charge in [-0.1, -0.05) is 25.0 Å². The van der Waals surface area contributed by atoms with Gasteiger partial charge in [0.1, 0.15) is 0 Å². The van der Waals surface area contributed by atoms with Crippen LogP contribution in [0.1, 0.15) is 42.4 Å². The van der Waals surface area contributed by atoms with Crippen LogP contribution in [0.5, 0.6) is 11.5 Å². The summed E-state index contributed by atoms with van der Waals surface area (Å²) in [5.74, 6) is 1.40. The molecule has 0 unspecified atom stereocenters. The Labute approximate surface area is 155 Å². The molecule has 26 heavy (non-hydrogen) atoms. The van der Waals surface area contributed by atoms with Crippen molar-refractivity contribution >= 4 is 11.6 Å². The molecule has 0 aliphatic heterocycles. The average Bonchev–Trinajstić information content (AvgIpc) is 3.15. The first-order valence-corrected chi connectivity index (χ1v) is 9.11. The molecule has 0 bridgehead atoms. The van der Waals surface area contributed by atoms with Crippen molar-refractivity contribution in [3.05, 3.63) is 53.1 Å². The van der Waals surface area contributed by atoms with E-state index in [2.05, 4.69) is 19.2 Å². The van der Waals surface area contributed by atoms with E-state index in [9.17, 15) is 4.79 Å². The fraction of sp³-hybridized carbons (Fsp3) is 0.409. The van der Waals surface area contributed by atoms with Crippen molar-refractivity contribution < 1.29 is 14.3 Å². The highest BCUT2D eigenvalue weighted by Gasteiger charge is 2.43. The molecule has 0 aromatic heterocycles. The average molecular weight is 353 g/mol. The molecule has 4 nitrogen and oxygen atoms in total. The molecule has 2 aromatic carbocycles. The Kier molecular flexibility index (Phi) is 5.21. The van der Waals surface area contributed by atoms with E-state index in [1.54, 1.807) is 14.2 Å². The third-order valence-electron chi connectivity index (χ3n) is 5.59. The van der Waals surface area contributed by atoms with Gasteiger partial charge in [0.2, 0.25) is 5.91 Å². The van der Waals surface area contributed by atoms with Gasteiger partial charge in [-0.3, -0.25) is 4.79 Å². The molecule has 1 amide bonds. The van der Waals surface area contributed by atoms with Crippen LogP contribution in [-0.2, 0) is 10.2 Å². The first-order valence-electron chi connectivity index (χ1n) is 9.11. The largest absolute Gasteiger partial charge is 0.493 e. The SMILES string of the molecule is COc1ccc(C2(C(=O)Nc3ccc(C)c(C)c3)CCCC2)cc1OC. The molecule has 0 spiro atoms. The maximum absolute atomic E-state index is 13.3. The van der Waals surface area contributed by atoms with Crippen molar-refractivity contribution in [2.75, 3.05) is 19.5 Å². The smallest absolute Gasteiger partial charge is 0.235 e. The summed E-state index contributed by atoms with van der Waals surface area (Å²) in [4.78, 5) is 13.3. The molecule has 2 aromatic rings. The van der Waals surface area contributed by atoms with Gasteiger partial charge in [-0.05, 0) is 67.6 Å². The highest BCUT2D eigenvalue weighted by molar-refractivity contribution is 5.99. The number of hydrogen-bond acceptors (Lipinski definition) is 3. The van der Waals surface area contributed by atoms with Crippen molar-refractivity contribution in [3.8, 4) is 11.5 Å². The molecule has 0 heterocycles. The van der Waals surface area contributed by atoms with Crippen LogP contribution >= 0.6 is 0 Å². The number of anilines is 1. The van der Waals surface area contributed by atoms with Crippen LogP contribution in [0.4, 0.5) is 5.69 Å². The maximum Gasteiger partial charge on any atom is 0.235 e. The zero-order valence-corrected chi connectivity index (χ0v) is 16.0. The normalized spacial score (nSPS) is 15.5. The number of carbonyl (C=O) groups excluding carboxylic acids is 1. The van der Waals surface area contributed by atoms with Gasteiger partial charge in [0, 0.05) is 5.69 Å². The van der Waals surface area contributed by atoms with Gasteiger partial charge in [-0.2, -0.15) is 0 Å². The lowest BCUT2D eigenvalue weighted by Crippen LogP contribution is -2.38. The van der Waals surface area contributed by atoms with Crippen LogP contribution in [0.25, 0.3) is 0 Å². The summed E-state index contributed by atoms with van der Waals surface area (Å²) in [5, 5.41) is 3.15. The number of carbonyl (C=O) groups is 1. The minimum atomic E-state index is -0.516. The quantitative estimate of drug-likeness (QED) is 0.842. The molecule has 0 atom stereocenters. The molecule has 0 saturated heterocycles. The number of methoxy groups -OCH3 is 2. The van der Waals surface area contributed by atoms with Gasteiger partial charge < -0.3 is 14.8 Å². The predicted octanol–water partition coefficient (Wildman–Crippen LogP) is 4.77. The molecule has 1 fully saturated rings. The molecule has 138 valence electrons. The number of ether oxygens (including phenoxy) is 2. The first kappa shape index (κ1) is 18.3. The fourth-order valence-electron chi connectivity index (χ4n) is 3.83. The number of benzene rings is 2. The van der Waals surface area contributed by atoms with E-state index in [-0.39, 0.29) is 5.91 Å². The van der Waals surface area contributed by atoms with Crippen molar-refractivity contribution in [2.24, 2.45) is 0 Å². The summed E-state index contributed by atoms with van der Waals surface area (Å²) in [5.41, 5.74) is 3.73. The number of hydrogen-bond donors (Lipinski definition) is 1. The van der Waals surface area contributed by atoms with Gasteiger partial charge in [-0.15, -0.1) is 0 Å². The molecule has 3 rings (SSSR count). The Morgan fingerprint density at radius 1 is 0.923 bits per heavy atom. The summed E-state index contributed by atoms with van der Waals surface area (Å²) in [6.45, 7) is 4.13. The molecule has 1 saturated carbocycles. The topological polar surface area (TPSA) is 47.6 Å². The van der Waals surface area contributed by atoms with Crippen LogP contribution < -0.4 is 14.8 Å². The Balaban J connectivity index is 1.94. The van der Waals surface area contributed by atoms with Crippen molar-refractivity contribution in [2.45, 2.75) is 44.9 Å². The van der Waals surface area contributed by atoms with E-state index in [4.69, 9.17) is 9.47 Å². The monoisotopic (exact) mass is 353 g/mol. The number of aryl methyl sites for hydroxylation is 2. The lowest BCUT2D eigenvalue weighted by Gasteiger charge is -2.29. The number of rotatable bonds is 5. The highest BCUT2D eigenvalue weighted by atomic mass is 16.5. The van der Waals surface area contributed by atoms with Crippen LogP contribution in [0.15, 0.2) is 36.4 Å². The third-order valence-corrected chi connectivity index (χ3v) is 5.59. The Morgan fingerprint density at radius 3 is 2.23 bits per heavy atom. The Morgan fingerprint density at radius 2 is 1.62 bits per heavy atom. The second-order valence-electron chi connectivity index (χ2n) is 7.11. The second-order valence-corrected chi connectivity index (χ2v) is 7.11. The first-order chi connectivity index (χ1) is 12.5. The van der Waals surface area contributed by atoms with E-state index in [0.29, 0.717) is 11.5 Å². The zero-order chi connectivity index (χ0) is 18.7. The van der Waals surface area contributed by atoms with E-state index in [1.165, 1.54) is 11.1 Å². The van der Waals surface area contributed by atoms with Gasteiger partial charge in [-0.25, -0.2) is 0 Å². The van der Waals surface area contributed by atoms with E-state index in [1.807, 2.05) is 36.4 Å². The van der Waals surface area contributed by atoms with E-state index < -0.39 is 5.41 Å². The Hall–Kier alpha value is -2.49. The standard InChI is InChI=1S/C22H27NO3/c1-15-7-9-18(13-16(15)2)23-21(24)22(11-5-6-12-22)17-8-10-19(25-3)20(14-17)26-4/h7-10,13-14H,5-6,11-12H2,1-4H3,(H,23,24). The summed E-state index contributed by atoms with van der Waals surface area (Å²) in [6, 6.07) is 11.9. The number of nitrogens with one attached hydrogen (secondary N) is 1. The fourth-order valence-corrected chi connectivity index (χ4v) is 3.83. The lowest BCUT2D eigenvalue weighted by molar-refractivity contribution is -0.121. The highest BCUT2D eigenvalue weighted by Crippen LogP contribution is 2.44. The van der Waals surface area contributed by atoms with Crippen LogP contribution in [0.2, 0.25) is 0 Å².